The first-order valence-corrected chi connectivity index (χ1v) is 15.4. The maximum absolute atomic E-state index is 16.8. The minimum absolute atomic E-state index is 0.131. The largest absolute Gasteiger partial charge is 0.461 e. The highest BCUT2D eigenvalue weighted by atomic mass is 19.1. The van der Waals surface area contributed by atoms with Gasteiger partial charge in [-0.2, -0.15) is 9.97 Å². The van der Waals surface area contributed by atoms with Gasteiger partial charge in [0, 0.05) is 57.0 Å². The van der Waals surface area contributed by atoms with E-state index in [1.165, 1.54) is 0 Å². The van der Waals surface area contributed by atoms with Gasteiger partial charge in [0.2, 0.25) is 0 Å². The Hall–Kier alpha value is -3.47. The number of rotatable bonds is 7. The molecule has 4 atom stereocenters. The lowest BCUT2D eigenvalue weighted by atomic mass is 9.95. The summed E-state index contributed by atoms with van der Waals surface area (Å²) in [5.41, 5.74) is 1.72. The molecule has 6 heterocycles. The van der Waals surface area contributed by atoms with E-state index in [1.54, 1.807) is 13.3 Å². The van der Waals surface area contributed by atoms with E-state index in [0.717, 1.165) is 61.7 Å². The Labute approximate surface area is 249 Å². The summed E-state index contributed by atoms with van der Waals surface area (Å²) in [4.78, 5) is 18.7. The Morgan fingerprint density at radius 1 is 1.07 bits per heavy atom. The summed E-state index contributed by atoms with van der Waals surface area (Å²) in [5.74, 6) is 0.138. The van der Waals surface area contributed by atoms with Crippen LogP contribution in [0.5, 0.6) is 6.01 Å². The summed E-state index contributed by atoms with van der Waals surface area (Å²) in [7, 11) is 1.66. The van der Waals surface area contributed by atoms with Crippen LogP contribution >= 0.6 is 0 Å². The van der Waals surface area contributed by atoms with E-state index in [-0.39, 0.29) is 29.4 Å². The predicted molar refractivity (Wildman–Crippen MR) is 162 cm³/mol. The van der Waals surface area contributed by atoms with Gasteiger partial charge in [-0.15, -0.1) is 0 Å². The van der Waals surface area contributed by atoms with Gasteiger partial charge >= 0.3 is 6.01 Å². The smallest absolute Gasteiger partial charge is 0.319 e. The molecule has 10 heteroatoms. The molecule has 4 fully saturated rings. The summed E-state index contributed by atoms with van der Waals surface area (Å²) >= 11 is 0. The number of aromatic nitrogens is 3. The number of fused-ring (bicyclic) bond motifs is 5. The van der Waals surface area contributed by atoms with Gasteiger partial charge in [0.1, 0.15) is 29.8 Å². The van der Waals surface area contributed by atoms with E-state index in [1.807, 2.05) is 36.4 Å². The molecule has 2 unspecified atom stereocenters. The van der Waals surface area contributed by atoms with E-state index >= 15 is 4.39 Å². The molecule has 0 radical (unpaired) electrons. The van der Waals surface area contributed by atoms with Crippen molar-refractivity contribution in [3.05, 3.63) is 54.0 Å². The molecule has 4 aliphatic heterocycles. The van der Waals surface area contributed by atoms with Gasteiger partial charge in [-0.3, -0.25) is 9.88 Å². The van der Waals surface area contributed by atoms with Crippen LogP contribution in [0.25, 0.3) is 32.9 Å². The van der Waals surface area contributed by atoms with Crippen molar-refractivity contribution >= 4 is 27.5 Å². The zero-order chi connectivity index (χ0) is 29.1. The Kier molecular flexibility index (Phi) is 6.69. The van der Waals surface area contributed by atoms with Crippen molar-refractivity contribution in [3.8, 4) is 17.3 Å². The molecule has 0 aliphatic carbocycles. The molecule has 2 bridgehead atoms. The second-order valence-electron chi connectivity index (χ2n) is 12.7. The standard InChI is InChI=1S/C33H36F2N6O2/c1-42-18-21-7-2-5-20-6-3-8-25(27(20)21)29-28(35)30-26(14-36-29)31(40-16-23-9-10-24(17-40)37-23)39-32(38-30)43-19-33-11-4-12-41(33)15-22(34)13-33/h2-3,5-8,14,22-24,37H,4,9-13,15-19H2,1H3/t22-,23?,24?,33+/m1/s1. The molecular weight excluding hydrogens is 550 g/mol. The van der Waals surface area contributed by atoms with Crippen LogP contribution in [0, 0.1) is 5.82 Å². The number of benzene rings is 2. The molecule has 1 N–H and O–H groups in total. The van der Waals surface area contributed by atoms with Crippen LogP contribution in [0.15, 0.2) is 42.6 Å². The summed E-state index contributed by atoms with van der Waals surface area (Å²) in [5, 5.41) is 6.12. The van der Waals surface area contributed by atoms with Crippen LogP contribution in [0.2, 0.25) is 0 Å². The normalized spacial score (nSPS) is 27.0. The number of methoxy groups -OCH3 is 1. The number of anilines is 1. The van der Waals surface area contributed by atoms with Gasteiger partial charge in [-0.05, 0) is 48.6 Å². The highest BCUT2D eigenvalue weighted by molar-refractivity contribution is 6.00. The fourth-order valence-electron chi connectivity index (χ4n) is 8.02. The molecule has 4 aliphatic rings. The third-order valence-electron chi connectivity index (χ3n) is 9.94. The van der Waals surface area contributed by atoms with Crippen LogP contribution in [0.3, 0.4) is 0 Å². The number of hydrogen-bond donors (Lipinski definition) is 1. The van der Waals surface area contributed by atoms with Crippen molar-refractivity contribution < 1.29 is 18.3 Å². The molecule has 224 valence electrons. The second-order valence-corrected chi connectivity index (χ2v) is 12.7. The maximum Gasteiger partial charge on any atom is 0.319 e. The molecule has 0 saturated carbocycles. The van der Waals surface area contributed by atoms with E-state index in [9.17, 15) is 4.39 Å². The number of piperazine rings is 1. The SMILES string of the molecule is COCc1cccc2cccc(-c3ncc4c(N5CC6CCC(C5)N6)nc(OC[C@@]56CCCN5C[C@H](F)C6)nc4c3F)c12. The number of pyridine rings is 1. The third kappa shape index (κ3) is 4.62. The lowest BCUT2D eigenvalue weighted by molar-refractivity contribution is 0.107. The number of nitrogens with zero attached hydrogens (tertiary/aromatic N) is 5. The fraction of sp³-hybridized carbons (Fsp3) is 0.485. The van der Waals surface area contributed by atoms with Gasteiger partial charge in [0.05, 0.1) is 17.5 Å². The monoisotopic (exact) mass is 586 g/mol. The van der Waals surface area contributed by atoms with Crippen LogP contribution in [-0.2, 0) is 11.3 Å². The molecule has 2 aromatic carbocycles. The summed E-state index contributed by atoms with van der Waals surface area (Å²) in [6.45, 7) is 3.55. The first kappa shape index (κ1) is 27.1. The number of nitrogens with one attached hydrogen (secondary N) is 1. The van der Waals surface area contributed by atoms with Crippen molar-refractivity contribution in [2.24, 2.45) is 0 Å². The average Bonchev–Trinajstić information content (AvgIpc) is 3.66. The molecular formula is C33H36F2N6O2. The van der Waals surface area contributed by atoms with E-state index in [0.29, 0.717) is 48.4 Å². The first-order chi connectivity index (χ1) is 21.0. The van der Waals surface area contributed by atoms with Gasteiger partial charge in [-0.25, -0.2) is 8.78 Å². The Morgan fingerprint density at radius 3 is 2.70 bits per heavy atom. The van der Waals surface area contributed by atoms with Crippen LogP contribution < -0.4 is 15.0 Å². The molecule has 2 aromatic heterocycles. The predicted octanol–water partition coefficient (Wildman–Crippen LogP) is 5.03. The molecule has 0 amide bonds. The topological polar surface area (TPSA) is 75.6 Å². The van der Waals surface area contributed by atoms with Gasteiger partial charge < -0.3 is 19.7 Å². The molecule has 4 aromatic rings. The van der Waals surface area contributed by atoms with Gasteiger partial charge in [0.25, 0.3) is 0 Å². The minimum Gasteiger partial charge on any atom is -0.461 e. The highest BCUT2D eigenvalue weighted by Crippen LogP contribution is 2.41. The second kappa shape index (κ2) is 10.6. The number of ether oxygens (including phenoxy) is 2. The van der Waals surface area contributed by atoms with Crippen LogP contribution in [-0.4, -0.2) is 83.5 Å². The van der Waals surface area contributed by atoms with Crippen LogP contribution in [0.4, 0.5) is 14.6 Å². The quantitative estimate of drug-likeness (QED) is 0.324. The Morgan fingerprint density at radius 2 is 1.88 bits per heavy atom. The van der Waals surface area contributed by atoms with Gasteiger partial charge in [-0.1, -0.05) is 36.4 Å². The van der Waals surface area contributed by atoms with E-state index in [4.69, 9.17) is 19.4 Å². The highest BCUT2D eigenvalue weighted by Gasteiger charge is 2.49. The third-order valence-corrected chi connectivity index (χ3v) is 9.94. The lowest BCUT2D eigenvalue weighted by Crippen LogP contribution is -2.51. The van der Waals surface area contributed by atoms with Crippen molar-refractivity contribution in [2.75, 3.05) is 44.8 Å². The van der Waals surface area contributed by atoms with Crippen molar-refractivity contribution in [2.45, 2.75) is 62.5 Å². The average molecular weight is 587 g/mol. The lowest BCUT2D eigenvalue weighted by Gasteiger charge is -2.34. The van der Waals surface area contributed by atoms with E-state index < -0.39 is 12.0 Å². The fourth-order valence-corrected chi connectivity index (χ4v) is 8.02. The van der Waals surface area contributed by atoms with Crippen molar-refractivity contribution in [1.82, 2.24) is 25.2 Å². The van der Waals surface area contributed by atoms with Crippen molar-refractivity contribution in [1.29, 1.82) is 0 Å². The number of halogens is 2. The van der Waals surface area contributed by atoms with Crippen LogP contribution in [0.1, 0.15) is 37.7 Å². The molecule has 43 heavy (non-hydrogen) atoms. The maximum atomic E-state index is 16.8. The van der Waals surface area contributed by atoms with Gasteiger partial charge in [0.15, 0.2) is 5.82 Å². The summed E-state index contributed by atoms with van der Waals surface area (Å²) < 4.78 is 43.0. The number of alkyl halides is 1. The zero-order valence-electron chi connectivity index (χ0n) is 24.4. The Bertz CT molecular complexity index is 1690. The molecule has 8 nitrogen and oxygen atoms in total. The van der Waals surface area contributed by atoms with Crippen molar-refractivity contribution in [3.63, 3.8) is 0 Å². The summed E-state index contributed by atoms with van der Waals surface area (Å²) in [6, 6.07) is 12.7. The van der Waals surface area contributed by atoms with E-state index in [2.05, 4.69) is 20.1 Å². The number of hydrogen-bond acceptors (Lipinski definition) is 8. The minimum atomic E-state index is -0.858. The summed E-state index contributed by atoms with van der Waals surface area (Å²) in [6.07, 6.45) is 5.41. The molecule has 8 rings (SSSR count). The Balaban J connectivity index is 1.25. The molecule has 0 spiro atoms. The first-order valence-electron chi connectivity index (χ1n) is 15.4. The molecule has 4 saturated heterocycles. The zero-order valence-corrected chi connectivity index (χ0v) is 24.4.